The van der Waals surface area contributed by atoms with Gasteiger partial charge in [0.05, 0.1) is 6.54 Å². The Bertz CT molecular complexity index is 1150. The summed E-state index contributed by atoms with van der Waals surface area (Å²) in [6.07, 6.45) is 11.8. The Morgan fingerprint density at radius 2 is 1.84 bits per heavy atom. The Morgan fingerprint density at radius 1 is 1.16 bits per heavy atom. The van der Waals surface area contributed by atoms with Crippen LogP contribution in [0.2, 0.25) is 0 Å². The lowest BCUT2D eigenvalue weighted by atomic mass is 10.1. The van der Waals surface area contributed by atoms with E-state index >= 15 is 0 Å². The lowest BCUT2D eigenvalue weighted by Gasteiger charge is -2.00. The second-order valence-corrected chi connectivity index (χ2v) is 6.94. The molecule has 0 spiro atoms. The fourth-order valence-electron chi connectivity index (χ4n) is 2.29. The van der Waals surface area contributed by atoms with E-state index in [1.54, 1.807) is 12.3 Å². The van der Waals surface area contributed by atoms with Crippen LogP contribution in [0, 0.1) is 0 Å². The minimum absolute atomic E-state index is 0.325. The molecule has 0 aliphatic rings. The van der Waals surface area contributed by atoms with Crippen LogP contribution in [0.5, 0.6) is 0 Å². The standard InChI is InChI=1S/C19H21NO2.C8H10N2/c1-13(2)14(3)7-8-15(4)16(5)9-18-10-19(11-20-12-21)22-17(18)6;1-2-3-7-4-5-8(9)10-6-7/h7-10,12H,1,3-6,11H2,2H3,(H,20,21);2-6H,1H3,(H2,9,10)/b8-7-,18-9-;3-2+. The SMILES string of the molecule is C/C=C/c1ccc(N)nc1.C=C(C)C(=C)/C=C\C(=C)C(=C)/C=c1/cc(CNC=O)oc1=C. The van der Waals surface area contributed by atoms with E-state index in [0.717, 1.165) is 33.1 Å². The van der Waals surface area contributed by atoms with Crippen LogP contribution in [-0.4, -0.2) is 11.4 Å². The zero-order valence-corrected chi connectivity index (χ0v) is 18.9. The highest BCUT2D eigenvalue weighted by molar-refractivity contribution is 5.59. The number of hydrogen-bond donors (Lipinski definition) is 2. The maximum Gasteiger partial charge on any atom is 0.207 e. The summed E-state index contributed by atoms with van der Waals surface area (Å²) in [5.74, 6) is 1.20. The molecule has 0 atom stereocenters. The molecule has 0 aliphatic heterocycles. The van der Waals surface area contributed by atoms with Gasteiger partial charge in [-0.25, -0.2) is 4.98 Å². The van der Waals surface area contributed by atoms with E-state index in [4.69, 9.17) is 10.2 Å². The number of nitrogens with zero attached hydrogens (tertiary/aromatic N) is 1. The van der Waals surface area contributed by atoms with Crippen molar-refractivity contribution in [3.8, 4) is 0 Å². The summed E-state index contributed by atoms with van der Waals surface area (Å²) in [7, 11) is 0. The third-order valence-corrected chi connectivity index (χ3v) is 4.20. The van der Waals surface area contributed by atoms with E-state index in [1.165, 1.54) is 0 Å². The third-order valence-electron chi connectivity index (χ3n) is 4.20. The van der Waals surface area contributed by atoms with Crippen LogP contribution in [0.15, 0.2) is 95.6 Å². The Labute approximate surface area is 190 Å². The first-order valence-electron chi connectivity index (χ1n) is 9.89. The molecule has 3 N–H and O–H groups in total. The molecule has 0 aliphatic carbocycles. The van der Waals surface area contributed by atoms with Crippen molar-refractivity contribution in [3.05, 3.63) is 113 Å². The van der Waals surface area contributed by atoms with Gasteiger partial charge >= 0.3 is 0 Å². The van der Waals surface area contributed by atoms with Crippen LogP contribution in [0.25, 0.3) is 18.7 Å². The van der Waals surface area contributed by atoms with E-state index in [0.29, 0.717) is 29.9 Å². The Kier molecular flexibility index (Phi) is 10.7. The number of furan rings is 1. The molecule has 2 aromatic rings. The van der Waals surface area contributed by atoms with Crippen molar-refractivity contribution in [1.82, 2.24) is 10.3 Å². The summed E-state index contributed by atoms with van der Waals surface area (Å²) in [6, 6.07) is 5.53. The molecule has 1 amide bonds. The van der Waals surface area contributed by atoms with Crippen molar-refractivity contribution in [2.24, 2.45) is 0 Å². The summed E-state index contributed by atoms with van der Waals surface area (Å²) in [5.41, 5.74) is 10.2. The largest absolute Gasteiger partial charge is 0.460 e. The predicted octanol–water partition coefficient (Wildman–Crippen LogP) is 4.21. The molecular weight excluding hydrogens is 398 g/mol. The lowest BCUT2D eigenvalue weighted by molar-refractivity contribution is -0.109. The average Bonchev–Trinajstić information content (AvgIpc) is 3.11. The Morgan fingerprint density at radius 3 is 2.41 bits per heavy atom. The highest BCUT2D eigenvalue weighted by Gasteiger charge is 2.00. The zero-order valence-electron chi connectivity index (χ0n) is 18.9. The number of anilines is 1. The zero-order chi connectivity index (χ0) is 24.1. The van der Waals surface area contributed by atoms with Crippen molar-refractivity contribution >= 4 is 31.0 Å². The molecule has 0 bridgehead atoms. The molecule has 0 radical (unpaired) electrons. The molecule has 2 rings (SSSR count). The van der Waals surface area contributed by atoms with Gasteiger partial charge in [-0.2, -0.15) is 0 Å². The van der Waals surface area contributed by atoms with Crippen LogP contribution >= 0.6 is 0 Å². The summed E-state index contributed by atoms with van der Waals surface area (Å²) < 4.78 is 5.45. The lowest BCUT2D eigenvalue weighted by Crippen LogP contribution is -2.17. The van der Waals surface area contributed by atoms with Gasteiger partial charge in [0.2, 0.25) is 6.41 Å². The van der Waals surface area contributed by atoms with Crippen LogP contribution in [0.4, 0.5) is 5.82 Å². The number of nitrogens with two attached hydrogens (primary N) is 1. The number of nitrogen functional groups attached to an aromatic ring is 1. The quantitative estimate of drug-likeness (QED) is 0.462. The Hall–Kier alpha value is -4.12. The number of carbonyl (C=O) groups excluding carboxylic acids is 1. The molecule has 0 saturated heterocycles. The molecule has 2 aromatic heterocycles. The molecular formula is C27H31N3O2. The summed E-state index contributed by atoms with van der Waals surface area (Å²) in [6.45, 7) is 23.7. The molecule has 2 heterocycles. The number of amides is 1. The van der Waals surface area contributed by atoms with Gasteiger partial charge in [0.1, 0.15) is 17.0 Å². The maximum absolute atomic E-state index is 10.3. The Balaban J connectivity index is 0.000000425. The average molecular weight is 430 g/mol. The second kappa shape index (κ2) is 13.2. The fourth-order valence-corrected chi connectivity index (χ4v) is 2.29. The van der Waals surface area contributed by atoms with Crippen LogP contribution < -0.4 is 21.7 Å². The molecule has 166 valence electrons. The smallest absolute Gasteiger partial charge is 0.207 e. The predicted molar refractivity (Wildman–Crippen MR) is 136 cm³/mol. The van der Waals surface area contributed by atoms with Gasteiger partial charge in [-0.3, -0.25) is 4.79 Å². The van der Waals surface area contributed by atoms with Crippen LogP contribution in [-0.2, 0) is 11.3 Å². The first-order valence-corrected chi connectivity index (χ1v) is 9.89. The van der Waals surface area contributed by atoms with Crippen molar-refractivity contribution in [1.29, 1.82) is 0 Å². The number of rotatable bonds is 9. The summed E-state index contributed by atoms with van der Waals surface area (Å²) in [4.78, 5) is 14.2. The van der Waals surface area contributed by atoms with Crippen molar-refractivity contribution in [2.75, 3.05) is 5.73 Å². The molecule has 0 unspecified atom stereocenters. The van der Waals surface area contributed by atoms with E-state index in [1.807, 2.05) is 56.4 Å². The van der Waals surface area contributed by atoms with E-state index < -0.39 is 0 Å². The normalized spacial score (nSPS) is 11.1. The summed E-state index contributed by atoms with van der Waals surface area (Å²) in [5, 5.41) is 3.35. The molecule has 5 nitrogen and oxygen atoms in total. The number of nitrogens with one attached hydrogen (secondary N) is 1. The number of pyridine rings is 1. The number of hydrogen-bond acceptors (Lipinski definition) is 4. The van der Waals surface area contributed by atoms with Gasteiger partial charge in [-0.1, -0.05) is 62.8 Å². The van der Waals surface area contributed by atoms with Crippen LogP contribution in [0.3, 0.4) is 0 Å². The van der Waals surface area contributed by atoms with Gasteiger partial charge in [0, 0.05) is 11.4 Å². The molecule has 32 heavy (non-hydrogen) atoms. The van der Waals surface area contributed by atoms with E-state index in [2.05, 4.69) is 43.2 Å². The molecule has 0 saturated carbocycles. The third kappa shape index (κ3) is 9.13. The van der Waals surface area contributed by atoms with Gasteiger partial charge in [0.25, 0.3) is 0 Å². The minimum atomic E-state index is 0.325. The highest BCUT2D eigenvalue weighted by atomic mass is 16.3. The minimum Gasteiger partial charge on any atom is -0.460 e. The molecule has 5 heteroatoms. The van der Waals surface area contributed by atoms with Gasteiger partial charge < -0.3 is 15.5 Å². The first kappa shape index (κ1) is 25.9. The van der Waals surface area contributed by atoms with Crippen molar-refractivity contribution < 1.29 is 9.21 Å². The molecule has 0 aromatic carbocycles. The van der Waals surface area contributed by atoms with Crippen molar-refractivity contribution in [3.63, 3.8) is 0 Å². The summed E-state index contributed by atoms with van der Waals surface area (Å²) >= 11 is 0. The second-order valence-electron chi connectivity index (χ2n) is 6.94. The maximum atomic E-state index is 10.3. The first-order chi connectivity index (χ1) is 15.2. The van der Waals surface area contributed by atoms with Gasteiger partial charge in [0.15, 0.2) is 0 Å². The van der Waals surface area contributed by atoms with Gasteiger partial charge in [-0.05, 0) is 60.4 Å². The van der Waals surface area contributed by atoms with E-state index in [9.17, 15) is 4.79 Å². The topological polar surface area (TPSA) is 81.1 Å². The number of carbonyl (C=O) groups is 1. The van der Waals surface area contributed by atoms with E-state index in [-0.39, 0.29) is 0 Å². The number of aromatic nitrogens is 1. The number of allylic oxidation sites excluding steroid dienone is 7. The fraction of sp³-hybridized carbons (Fsp3) is 0.111. The van der Waals surface area contributed by atoms with Crippen LogP contribution in [0.1, 0.15) is 25.2 Å². The van der Waals surface area contributed by atoms with Gasteiger partial charge in [-0.15, -0.1) is 0 Å². The highest BCUT2D eigenvalue weighted by Crippen LogP contribution is 2.12. The molecule has 0 fully saturated rings. The van der Waals surface area contributed by atoms with Crippen molar-refractivity contribution in [2.45, 2.75) is 20.4 Å². The monoisotopic (exact) mass is 429 g/mol.